The molecule has 0 radical (unpaired) electrons. The molecule has 7 heteroatoms. The van der Waals surface area contributed by atoms with Crippen LogP contribution in [0, 0.1) is 16.0 Å². The van der Waals surface area contributed by atoms with Crippen LogP contribution in [0.3, 0.4) is 0 Å². The number of ether oxygens (including phenoxy) is 2. The summed E-state index contributed by atoms with van der Waals surface area (Å²) in [5.41, 5.74) is 2.35. The minimum absolute atomic E-state index is 0.1000. The van der Waals surface area contributed by atoms with E-state index in [1.807, 2.05) is 25.1 Å². The van der Waals surface area contributed by atoms with E-state index in [4.69, 9.17) is 9.47 Å². The van der Waals surface area contributed by atoms with Crippen LogP contribution in [0.1, 0.15) is 30.9 Å². The minimum atomic E-state index is -0.485. The Morgan fingerprint density at radius 2 is 1.90 bits per heavy atom. The van der Waals surface area contributed by atoms with Gasteiger partial charge in [-0.1, -0.05) is 36.9 Å². The van der Waals surface area contributed by atoms with Crippen molar-refractivity contribution in [1.82, 2.24) is 4.90 Å². The van der Waals surface area contributed by atoms with Crippen LogP contribution in [-0.2, 0) is 17.8 Å². The molecule has 1 fully saturated rings. The normalized spacial score (nSPS) is 14.2. The van der Waals surface area contributed by atoms with Gasteiger partial charge in [0.25, 0.3) is 5.69 Å². The van der Waals surface area contributed by atoms with E-state index in [1.54, 1.807) is 11.0 Å². The smallest absolute Gasteiger partial charge is 0.410 e. The van der Waals surface area contributed by atoms with Crippen molar-refractivity contribution in [3.63, 3.8) is 0 Å². The summed E-state index contributed by atoms with van der Waals surface area (Å²) in [6.07, 6.45) is 2.39. The monoisotopic (exact) mass is 424 g/mol. The summed E-state index contributed by atoms with van der Waals surface area (Å²) in [4.78, 5) is 25.0. The molecule has 0 N–H and O–H groups in total. The molecule has 0 unspecified atom stereocenters. The molecule has 0 atom stereocenters. The van der Waals surface area contributed by atoms with Crippen LogP contribution < -0.4 is 4.74 Å². The molecule has 1 saturated heterocycles. The summed E-state index contributed by atoms with van der Waals surface area (Å²) in [5.74, 6) is 1.01. The molecule has 0 aliphatic carbocycles. The van der Waals surface area contributed by atoms with E-state index in [9.17, 15) is 14.9 Å². The van der Waals surface area contributed by atoms with Gasteiger partial charge in [0.05, 0.1) is 10.5 Å². The van der Waals surface area contributed by atoms with Gasteiger partial charge in [-0.2, -0.15) is 0 Å². The number of nitro benzene ring substituents is 1. The summed E-state index contributed by atoms with van der Waals surface area (Å²) in [6.45, 7) is 6.99. The van der Waals surface area contributed by atoms with Gasteiger partial charge in [-0.15, -0.1) is 0 Å². The molecule has 1 aliphatic heterocycles. The van der Waals surface area contributed by atoms with Crippen LogP contribution >= 0.6 is 0 Å². The number of hydrogen-bond acceptors (Lipinski definition) is 5. The zero-order valence-corrected chi connectivity index (χ0v) is 17.8. The molecule has 1 amide bonds. The van der Waals surface area contributed by atoms with Crippen molar-refractivity contribution >= 4 is 11.8 Å². The summed E-state index contributed by atoms with van der Waals surface area (Å²) in [5, 5.41) is 11.3. The van der Waals surface area contributed by atoms with Gasteiger partial charge in [0.2, 0.25) is 0 Å². The molecule has 0 saturated carbocycles. The lowest BCUT2D eigenvalue weighted by Gasteiger charge is -2.31. The van der Waals surface area contributed by atoms with Crippen molar-refractivity contribution in [3.8, 4) is 5.75 Å². The average molecular weight is 424 g/mol. The molecule has 1 heterocycles. The van der Waals surface area contributed by atoms with Gasteiger partial charge in [-0.3, -0.25) is 10.1 Å². The Hall–Kier alpha value is -3.35. The number of carbonyl (C=O) groups excluding carboxylic acids is 1. The second kappa shape index (κ2) is 10.6. The van der Waals surface area contributed by atoms with Crippen LogP contribution in [0.5, 0.6) is 5.75 Å². The average Bonchev–Trinajstić information content (AvgIpc) is 2.77. The maximum atomic E-state index is 12.5. The first-order valence-electron chi connectivity index (χ1n) is 10.4. The summed E-state index contributed by atoms with van der Waals surface area (Å²) < 4.78 is 11.0. The minimum Gasteiger partial charge on any atom is -0.489 e. The number of carbonyl (C=O) groups is 1. The van der Waals surface area contributed by atoms with E-state index in [0.29, 0.717) is 36.9 Å². The van der Waals surface area contributed by atoms with E-state index in [1.165, 1.54) is 17.7 Å². The van der Waals surface area contributed by atoms with Gasteiger partial charge in [0, 0.05) is 19.2 Å². The van der Waals surface area contributed by atoms with Crippen molar-refractivity contribution < 1.29 is 19.2 Å². The first-order valence-corrected chi connectivity index (χ1v) is 10.4. The number of likely N-dealkylation sites (tertiary alicyclic amines) is 1. The third-order valence-corrected chi connectivity index (χ3v) is 5.32. The van der Waals surface area contributed by atoms with Gasteiger partial charge in [0.15, 0.2) is 0 Å². The Labute approximate surface area is 182 Å². The van der Waals surface area contributed by atoms with Crippen molar-refractivity contribution in [3.05, 3.63) is 81.9 Å². The highest BCUT2D eigenvalue weighted by atomic mass is 16.6. The molecule has 164 valence electrons. The van der Waals surface area contributed by atoms with E-state index >= 15 is 0 Å². The van der Waals surface area contributed by atoms with Crippen molar-refractivity contribution in [1.29, 1.82) is 0 Å². The van der Waals surface area contributed by atoms with Crippen LogP contribution in [0.2, 0.25) is 0 Å². The largest absolute Gasteiger partial charge is 0.489 e. The molecule has 2 aromatic rings. The Balaban J connectivity index is 1.53. The molecule has 7 nitrogen and oxygen atoms in total. The van der Waals surface area contributed by atoms with E-state index < -0.39 is 11.0 Å². The fourth-order valence-corrected chi connectivity index (χ4v) is 3.65. The Morgan fingerprint density at radius 1 is 1.19 bits per heavy atom. The summed E-state index contributed by atoms with van der Waals surface area (Å²) >= 11 is 0. The lowest BCUT2D eigenvalue weighted by Crippen LogP contribution is -2.39. The molecule has 31 heavy (non-hydrogen) atoms. The SMILES string of the molecule is C=C(C)COc1ccc([N+](=O)[O-])c(COC(=O)N2CCC(Cc3ccccc3)CC2)c1. The van der Waals surface area contributed by atoms with E-state index in [2.05, 4.69) is 18.7 Å². The fourth-order valence-electron chi connectivity index (χ4n) is 3.65. The van der Waals surface area contributed by atoms with Gasteiger partial charge >= 0.3 is 6.09 Å². The molecule has 2 aromatic carbocycles. The maximum absolute atomic E-state index is 12.5. The standard InChI is InChI=1S/C24H28N2O5/c1-18(2)16-30-22-8-9-23(26(28)29)21(15-22)17-31-24(27)25-12-10-20(11-13-25)14-19-6-4-3-5-7-19/h3-9,15,20H,1,10-14,16-17H2,2H3. The number of nitrogens with zero attached hydrogens (tertiary/aromatic N) is 2. The lowest BCUT2D eigenvalue weighted by molar-refractivity contribution is -0.385. The zero-order chi connectivity index (χ0) is 22.2. The molecule has 3 rings (SSSR count). The molecule has 0 aromatic heterocycles. The quantitative estimate of drug-likeness (QED) is 0.333. The Morgan fingerprint density at radius 3 is 2.55 bits per heavy atom. The summed E-state index contributed by atoms with van der Waals surface area (Å²) in [7, 11) is 0. The highest BCUT2D eigenvalue weighted by molar-refractivity contribution is 5.68. The molecule has 0 spiro atoms. The molecule has 1 aliphatic rings. The van der Waals surface area contributed by atoms with E-state index in [-0.39, 0.29) is 12.3 Å². The zero-order valence-electron chi connectivity index (χ0n) is 17.8. The van der Waals surface area contributed by atoms with Crippen LogP contribution in [0.4, 0.5) is 10.5 Å². The van der Waals surface area contributed by atoms with Crippen LogP contribution in [-0.4, -0.2) is 35.6 Å². The number of nitro groups is 1. The van der Waals surface area contributed by atoms with Gasteiger partial charge < -0.3 is 14.4 Å². The number of piperidine rings is 1. The highest BCUT2D eigenvalue weighted by Gasteiger charge is 2.25. The first-order chi connectivity index (χ1) is 14.9. The third-order valence-electron chi connectivity index (χ3n) is 5.32. The number of benzene rings is 2. The van der Waals surface area contributed by atoms with Crippen LogP contribution in [0.25, 0.3) is 0 Å². The Bertz CT molecular complexity index is 921. The number of rotatable bonds is 8. The number of hydrogen-bond donors (Lipinski definition) is 0. The van der Waals surface area contributed by atoms with Crippen molar-refractivity contribution in [2.24, 2.45) is 5.92 Å². The highest BCUT2D eigenvalue weighted by Crippen LogP contribution is 2.26. The predicted molar refractivity (Wildman–Crippen MR) is 118 cm³/mol. The second-order valence-corrected chi connectivity index (χ2v) is 7.97. The van der Waals surface area contributed by atoms with Gasteiger partial charge in [0.1, 0.15) is 19.0 Å². The van der Waals surface area contributed by atoms with Crippen molar-refractivity contribution in [2.45, 2.75) is 32.8 Å². The second-order valence-electron chi connectivity index (χ2n) is 7.97. The van der Waals surface area contributed by atoms with E-state index in [0.717, 1.165) is 24.8 Å². The maximum Gasteiger partial charge on any atom is 0.410 e. The van der Waals surface area contributed by atoms with Gasteiger partial charge in [-0.25, -0.2) is 4.79 Å². The topological polar surface area (TPSA) is 81.9 Å². The first kappa shape index (κ1) is 22.3. The predicted octanol–water partition coefficient (Wildman–Crippen LogP) is 5.14. The third kappa shape index (κ3) is 6.57. The fraction of sp³-hybridized carbons (Fsp3) is 0.375. The molecule has 0 bridgehead atoms. The summed E-state index contributed by atoms with van der Waals surface area (Å²) in [6, 6.07) is 14.8. The van der Waals surface area contributed by atoms with Gasteiger partial charge in [-0.05, 0) is 55.4 Å². The molecular formula is C24H28N2O5. The number of amides is 1. The van der Waals surface area contributed by atoms with Crippen LogP contribution in [0.15, 0.2) is 60.7 Å². The molecular weight excluding hydrogens is 396 g/mol. The van der Waals surface area contributed by atoms with Crippen molar-refractivity contribution in [2.75, 3.05) is 19.7 Å². The Kier molecular flexibility index (Phi) is 7.65. The lowest BCUT2D eigenvalue weighted by atomic mass is 9.90.